The Balaban J connectivity index is 1.25. The highest BCUT2D eigenvalue weighted by Gasteiger charge is 2.24. The lowest BCUT2D eigenvalue weighted by Crippen LogP contribution is -2.37. The lowest BCUT2D eigenvalue weighted by molar-refractivity contribution is -0.127. The summed E-state index contributed by atoms with van der Waals surface area (Å²) >= 11 is 0. The van der Waals surface area contributed by atoms with E-state index in [-0.39, 0.29) is 5.91 Å². The van der Waals surface area contributed by atoms with Crippen LogP contribution in [0.3, 0.4) is 0 Å². The van der Waals surface area contributed by atoms with Crippen LogP contribution >= 0.6 is 0 Å². The van der Waals surface area contributed by atoms with E-state index < -0.39 is 0 Å². The van der Waals surface area contributed by atoms with Crippen molar-refractivity contribution < 1.29 is 4.79 Å². The van der Waals surface area contributed by atoms with E-state index in [0.29, 0.717) is 5.92 Å². The largest absolute Gasteiger partial charge is 0.342 e. The van der Waals surface area contributed by atoms with Gasteiger partial charge in [-0.05, 0) is 37.1 Å². The number of carbonyl (C=O) groups is 1. The van der Waals surface area contributed by atoms with E-state index in [1.807, 2.05) is 59.5 Å². The first-order chi connectivity index (χ1) is 14.3. The van der Waals surface area contributed by atoms with Crippen molar-refractivity contribution in [2.75, 3.05) is 13.1 Å². The molecule has 0 aliphatic carbocycles. The van der Waals surface area contributed by atoms with Gasteiger partial charge in [0.25, 0.3) is 0 Å². The molecule has 144 valence electrons. The summed E-state index contributed by atoms with van der Waals surface area (Å²) in [5, 5.41) is 1.08. The minimum Gasteiger partial charge on any atom is -0.342 e. The van der Waals surface area contributed by atoms with E-state index in [9.17, 15) is 4.79 Å². The first kappa shape index (κ1) is 17.6. The molecule has 5 heteroatoms. The number of hydrogen-bond acceptors (Lipinski definition) is 3. The summed E-state index contributed by atoms with van der Waals surface area (Å²) in [4.78, 5) is 27.2. The fourth-order valence-electron chi connectivity index (χ4n) is 4.07. The SMILES string of the molecule is O=C(C=Cc1cccc2cccnc12)N1CCC(c2nc3ccccc3[nH]2)CC1. The van der Waals surface area contributed by atoms with Crippen molar-refractivity contribution in [3.63, 3.8) is 0 Å². The Morgan fingerprint density at radius 3 is 2.72 bits per heavy atom. The number of likely N-dealkylation sites (tertiary alicyclic amines) is 1. The van der Waals surface area contributed by atoms with E-state index in [1.54, 1.807) is 12.3 Å². The molecule has 0 saturated carbocycles. The molecule has 29 heavy (non-hydrogen) atoms. The highest BCUT2D eigenvalue weighted by atomic mass is 16.2. The Morgan fingerprint density at radius 2 is 1.86 bits per heavy atom. The van der Waals surface area contributed by atoms with E-state index in [1.165, 1.54) is 0 Å². The van der Waals surface area contributed by atoms with Gasteiger partial charge in [-0.3, -0.25) is 9.78 Å². The van der Waals surface area contributed by atoms with Gasteiger partial charge in [-0.2, -0.15) is 0 Å². The molecule has 0 radical (unpaired) electrons. The second-order valence-electron chi connectivity index (χ2n) is 7.49. The number of nitrogens with zero attached hydrogens (tertiary/aromatic N) is 3. The summed E-state index contributed by atoms with van der Waals surface area (Å²) in [6, 6.07) is 18.1. The molecule has 1 fully saturated rings. The normalized spacial score (nSPS) is 15.5. The number of aromatic nitrogens is 3. The van der Waals surface area contributed by atoms with Crippen molar-refractivity contribution in [3.05, 3.63) is 78.3 Å². The molecule has 2 aromatic heterocycles. The second-order valence-corrected chi connectivity index (χ2v) is 7.49. The molecule has 0 spiro atoms. The molecule has 0 atom stereocenters. The monoisotopic (exact) mass is 382 g/mol. The van der Waals surface area contributed by atoms with Crippen molar-refractivity contribution in [2.45, 2.75) is 18.8 Å². The number of rotatable bonds is 3. The number of nitrogens with one attached hydrogen (secondary N) is 1. The minimum atomic E-state index is 0.0565. The number of pyridine rings is 1. The Morgan fingerprint density at radius 1 is 1.03 bits per heavy atom. The van der Waals surface area contributed by atoms with Crippen LogP contribution in [-0.2, 0) is 4.79 Å². The highest BCUT2D eigenvalue weighted by molar-refractivity contribution is 5.95. The number of H-pyrrole nitrogens is 1. The van der Waals surface area contributed by atoms with Gasteiger partial charge in [0.05, 0.1) is 16.6 Å². The van der Waals surface area contributed by atoms with Gasteiger partial charge in [0.1, 0.15) is 5.82 Å². The average molecular weight is 382 g/mol. The number of para-hydroxylation sites is 3. The molecular formula is C24H22N4O. The first-order valence-corrected chi connectivity index (χ1v) is 10.0. The second kappa shape index (κ2) is 7.51. The molecule has 4 aromatic rings. The van der Waals surface area contributed by atoms with Crippen molar-refractivity contribution in [2.24, 2.45) is 0 Å². The van der Waals surface area contributed by atoms with Gasteiger partial charge in [0.2, 0.25) is 5.91 Å². The first-order valence-electron chi connectivity index (χ1n) is 10.0. The van der Waals surface area contributed by atoms with Crippen LogP contribution in [0.1, 0.15) is 30.1 Å². The standard InChI is InChI=1S/C24H22N4O/c29-22(11-10-18-6-3-5-17-7-4-14-25-23(17)18)28-15-12-19(13-16-28)24-26-20-8-1-2-9-21(20)27-24/h1-11,14,19H,12-13,15-16H2,(H,26,27). The molecule has 5 rings (SSSR count). The third-order valence-corrected chi connectivity index (χ3v) is 5.67. The summed E-state index contributed by atoms with van der Waals surface area (Å²) in [5.74, 6) is 1.47. The Hall–Kier alpha value is -3.47. The molecule has 5 nitrogen and oxygen atoms in total. The zero-order chi connectivity index (χ0) is 19.6. The Bertz CT molecular complexity index is 1160. The van der Waals surface area contributed by atoms with Gasteiger partial charge < -0.3 is 9.88 Å². The van der Waals surface area contributed by atoms with Gasteiger partial charge in [-0.1, -0.05) is 36.4 Å². The van der Waals surface area contributed by atoms with E-state index in [2.05, 4.69) is 16.0 Å². The zero-order valence-electron chi connectivity index (χ0n) is 16.1. The minimum absolute atomic E-state index is 0.0565. The van der Waals surface area contributed by atoms with Crippen LogP contribution in [-0.4, -0.2) is 38.8 Å². The lowest BCUT2D eigenvalue weighted by Gasteiger charge is -2.30. The number of hydrogen-bond donors (Lipinski definition) is 1. The number of piperidine rings is 1. The maximum atomic E-state index is 12.7. The summed E-state index contributed by atoms with van der Waals surface area (Å²) in [6.07, 6.45) is 7.18. The van der Waals surface area contributed by atoms with Crippen molar-refractivity contribution in [1.29, 1.82) is 0 Å². The number of imidazole rings is 1. The van der Waals surface area contributed by atoms with E-state index >= 15 is 0 Å². The molecule has 1 aliphatic rings. The van der Waals surface area contributed by atoms with Crippen LogP contribution in [0.25, 0.3) is 28.0 Å². The summed E-state index contributed by atoms with van der Waals surface area (Å²) in [7, 11) is 0. The molecule has 3 heterocycles. The number of fused-ring (bicyclic) bond motifs is 2. The zero-order valence-corrected chi connectivity index (χ0v) is 16.1. The molecule has 1 saturated heterocycles. The summed E-state index contributed by atoms with van der Waals surface area (Å²) in [5.41, 5.74) is 3.97. The van der Waals surface area contributed by atoms with Crippen molar-refractivity contribution in [3.8, 4) is 0 Å². The molecule has 1 amide bonds. The molecule has 1 N–H and O–H groups in total. The van der Waals surface area contributed by atoms with Crippen LogP contribution < -0.4 is 0 Å². The average Bonchev–Trinajstić information content (AvgIpc) is 3.22. The van der Waals surface area contributed by atoms with Crippen LogP contribution in [0.4, 0.5) is 0 Å². The van der Waals surface area contributed by atoms with E-state index in [4.69, 9.17) is 4.98 Å². The topological polar surface area (TPSA) is 61.9 Å². The lowest BCUT2D eigenvalue weighted by atomic mass is 9.96. The molecular weight excluding hydrogens is 360 g/mol. The maximum Gasteiger partial charge on any atom is 0.246 e. The molecule has 1 aliphatic heterocycles. The third-order valence-electron chi connectivity index (χ3n) is 5.67. The summed E-state index contributed by atoms with van der Waals surface area (Å²) in [6.45, 7) is 1.50. The molecule has 0 unspecified atom stereocenters. The number of amides is 1. The van der Waals surface area contributed by atoms with Crippen LogP contribution in [0.2, 0.25) is 0 Å². The predicted molar refractivity (Wildman–Crippen MR) is 115 cm³/mol. The van der Waals surface area contributed by atoms with Crippen LogP contribution in [0.15, 0.2) is 66.9 Å². The molecule has 0 bridgehead atoms. The fourth-order valence-corrected chi connectivity index (χ4v) is 4.07. The smallest absolute Gasteiger partial charge is 0.246 e. The third kappa shape index (κ3) is 3.51. The Labute approximate surface area is 169 Å². The van der Waals surface area contributed by atoms with Gasteiger partial charge in [-0.25, -0.2) is 4.98 Å². The van der Waals surface area contributed by atoms with E-state index in [0.717, 1.165) is 59.3 Å². The highest BCUT2D eigenvalue weighted by Crippen LogP contribution is 2.28. The maximum absolute atomic E-state index is 12.7. The van der Waals surface area contributed by atoms with Crippen molar-refractivity contribution >= 4 is 33.9 Å². The number of aromatic amines is 1. The number of benzene rings is 2. The number of carbonyl (C=O) groups excluding carboxylic acids is 1. The van der Waals surface area contributed by atoms with Gasteiger partial charge in [0.15, 0.2) is 0 Å². The van der Waals surface area contributed by atoms with Crippen LogP contribution in [0, 0.1) is 0 Å². The predicted octanol–water partition coefficient (Wildman–Crippen LogP) is 4.53. The fraction of sp³-hybridized carbons (Fsp3) is 0.208. The summed E-state index contributed by atoms with van der Waals surface area (Å²) < 4.78 is 0. The van der Waals surface area contributed by atoms with Gasteiger partial charge in [0, 0.05) is 42.2 Å². The van der Waals surface area contributed by atoms with Crippen LogP contribution in [0.5, 0.6) is 0 Å². The van der Waals surface area contributed by atoms with Crippen molar-refractivity contribution in [1.82, 2.24) is 19.9 Å². The quantitative estimate of drug-likeness (QED) is 0.530. The molecule has 2 aromatic carbocycles. The van der Waals surface area contributed by atoms with Gasteiger partial charge in [-0.15, -0.1) is 0 Å². The Kier molecular flexibility index (Phi) is 4.56. The van der Waals surface area contributed by atoms with Gasteiger partial charge >= 0.3 is 0 Å².